The maximum atomic E-state index is 12.0. The first-order valence-corrected chi connectivity index (χ1v) is 9.87. The summed E-state index contributed by atoms with van der Waals surface area (Å²) in [5.41, 5.74) is 0. The molecule has 7 nitrogen and oxygen atoms in total. The van der Waals surface area contributed by atoms with Gasteiger partial charge in [0.1, 0.15) is 13.4 Å². The van der Waals surface area contributed by atoms with Crippen molar-refractivity contribution in [2.24, 2.45) is 0 Å². The summed E-state index contributed by atoms with van der Waals surface area (Å²) in [5.74, 6) is -36.3. The average molecular weight is 659 g/mol. The minimum absolute atomic E-state index is 1.56. The number of hydrogen-bond donors (Lipinski definition) is 0. The first kappa shape index (κ1) is 37.3. The molecule has 0 amide bonds. The fourth-order valence-corrected chi connectivity index (χ4v) is 1.61. The van der Waals surface area contributed by atoms with Crippen molar-refractivity contribution < 1.29 is 113 Å². The molecule has 3 aromatic rings. The van der Waals surface area contributed by atoms with Crippen LogP contribution < -0.4 is 29.0 Å². The highest BCUT2D eigenvalue weighted by molar-refractivity contribution is 7.40. The minimum Gasteiger partial charge on any atom is -0.822 e. The third kappa shape index (κ3) is 9.15. The van der Waals surface area contributed by atoms with Crippen LogP contribution in [0.25, 0.3) is 0 Å². The highest BCUT2D eigenvalue weighted by Crippen LogP contribution is 2.15. The molecule has 0 N–H and O–H groups in total. The van der Waals surface area contributed by atoms with E-state index < -0.39 is 110 Å². The lowest BCUT2D eigenvalue weighted by atomic mass is 10.4. The van der Waals surface area contributed by atoms with Gasteiger partial charge in [-0.15, -0.1) is 26.3 Å². The number of aromatic nitrogens is 3. The zero-order valence-electron chi connectivity index (χ0n) is 17.7. The molecule has 26 heteroatoms. The molecule has 0 aromatic carbocycles. The van der Waals surface area contributed by atoms with E-state index >= 15 is 0 Å². The molecule has 0 fully saturated rings. The Labute approximate surface area is 210 Å². The van der Waals surface area contributed by atoms with Crippen molar-refractivity contribution in [3.05, 3.63) is 88.0 Å². The summed E-state index contributed by atoms with van der Waals surface area (Å²) in [6.07, 6.45) is 0. The van der Waals surface area contributed by atoms with Crippen LogP contribution in [-0.2, 0) is 4.57 Å². The SMILES string of the molecule is Fc1c(F)c(F)[n+](F)c(F)c1F.Fc1c(F)c(F)[n+](F)c(F)c1F.Fc1c(F)c(F)[n+](F)c(F)c1F.O=P([O-])([O-])[O-]. The van der Waals surface area contributed by atoms with E-state index in [2.05, 4.69) is 0 Å². The summed E-state index contributed by atoms with van der Waals surface area (Å²) in [6.45, 7) is 0. The Bertz CT molecular complexity index is 1020. The predicted octanol–water partition coefficient (Wildman–Crippen LogP) is 1.38. The van der Waals surface area contributed by atoms with Crippen molar-refractivity contribution in [3.8, 4) is 0 Å². The van der Waals surface area contributed by atoms with Gasteiger partial charge in [0.2, 0.25) is 17.5 Å². The number of halogens is 18. The van der Waals surface area contributed by atoms with Crippen molar-refractivity contribution in [2.75, 3.05) is 0 Å². The van der Waals surface area contributed by atoms with E-state index in [1.807, 2.05) is 0 Å². The van der Waals surface area contributed by atoms with Crippen LogP contribution in [0, 0.1) is 88.0 Å². The van der Waals surface area contributed by atoms with Crippen LogP contribution in [-0.4, -0.2) is 0 Å². The number of phosphoric acid groups is 1. The maximum absolute atomic E-state index is 12.0. The molecule has 3 rings (SSSR count). The summed E-state index contributed by atoms with van der Waals surface area (Å²) in [6, 6.07) is 0. The van der Waals surface area contributed by atoms with Crippen molar-refractivity contribution in [2.45, 2.75) is 0 Å². The normalized spacial score (nSPS) is 10.7. The molecule has 0 bridgehead atoms. The smallest absolute Gasteiger partial charge is 0.447 e. The molecule has 0 aliphatic rings. The number of pyridine rings is 3. The van der Waals surface area contributed by atoms with Crippen LogP contribution in [0.2, 0.25) is 0 Å². The Morgan fingerprint density at radius 2 is 0.439 bits per heavy atom. The van der Waals surface area contributed by atoms with E-state index in [1.165, 1.54) is 0 Å². The number of rotatable bonds is 0. The first-order chi connectivity index (χ1) is 18.4. The van der Waals surface area contributed by atoms with Crippen molar-refractivity contribution in [3.63, 3.8) is 0 Å². The second-order valence-corrected chi connectivity index (χ2v) is 6.75. The third-order valence-electron chi connectivity index (χ3n) is 3.28. The minimum atomic E-state index is -5.39. The van der Waals surface area contributed by atoms with Gasteiger partial charge in [-0.2, -0.15) is 47.3 Å². The van der Waals surface area contributed by atoms with E-state index in [9.17, 15) is 79.3 Å². The van der Waals surface area contributed by atoms with Gasteiger partial charge in [0, 0.05) is 0 Å². The summed E-state index contributed by atoms with van der Waals surface area (Å²) < 4.78 is 225. The zero-order valence-corrected chi connectivity index (χ0v) is 18.6. The number of nitrogens with zero attached hydrogens (tertiary/aromatic N) is 3. The predicted molar refractivity (Wildman–Crippen MR) is 76.4 cm³/mol. The molecule has 0 atom stereocenters. The number of hydrogen-bond acceptors (Lipinski definition) is 4. The molecule has 0 spiro atoms. The Morgan fingerprint density at radius 1 is 0.341 bits per heavy atom. The highest BCUT2D eigenvalue weighted by Gasteiger charge is 2.36. The molecule has 3 heterocycles. The Balaban J connectivity index is 0.000000541. The van der Waals surface area contributed by atoms with Crippen molar-refractivity contribution in [1.29, 1.82) is 0 Å². The van der Waals surface area contributed by atoms with Crippen LogP contribution >= 0.6 is 7.82 Å². The molecule has 41 heavy (non-hydrogen) atoms. The van der Waals surface area contributed by atoms with Gasteiger partial charge in [-0.1, -0.05) is 0 Å². The van der Waals surface area contributed by atoms with Gasteiger partial charge in [-0.25, -0.2) is 0 Å². The Hall–Kier alpha value is -3.70. The fraction of sp³-hybridized carbons (Fsp3) is 0. The van der Waals surface area contributed by atoms with Gasteiger partial charge in [0.05, 0.1) is 14.4 Å². The van der Waals surface area contributed by atoms with Gasteiger partial charge in [0.25, 0.3) is 34.9 Å². The lowest BCUT2D eigenvalue weighted by Gasteiger charge is -2.36. The van der Waals surface area contributed by atoms with Crippen LogP contribution in [0.3, 0.4) is 0 Å². The average Bonchev–Trinajstić information content (AvgIpc) is 2.91. The third-order valence-corrected chi connectivity index (χ3v) is 3.28. The van der Waals surface area contributed by atoms with E-state index in [1.54, 1.807) is 0 Å². The van der Waals surface area contributed by atoms with Gasteiger partial charge < -0.3 is 19.2 Å². The van der Waals surface area contributed by atoms with E-state index in [0.29, 0.717) is 0 Å². The molecule has 230 valence electrons. The van der Waals surface area contributed by atoms with E-state index in [0.717, 1.165) is 0 Å². The molecule has 0 radical (unpaired) electrons. The molecule has 0 saturated carbocycles. The van der Waals surface area contributed by atoms with Crippen LogP contribution in [0.5, 0.6) is 0 Å². The molecule has 0 aliphatic carbocycles. The summed E-state index contributed by atoms with van der Waals surface area (Å²) in [7, 11) is -5.39. The second kappa shape index (κ2) is 14.3. The lowest BCUT2D eigenvalue weighted by molar-refractivity contribution is -0.888. The monoisotopic (exact) mass is 659 g/mol. The second-order valence-electron chi connectivity index (χ2n) is 5.86. The first-order valence-electron chi connectivity index (χ1n) is 8.41. The van der Waals surface area contributed by atoms with Gasteiger partial charge in [-0.05, 0) is 0 Å². The summed E-state index contributed by atoms with van der Waals surface area (Å²) in [5, 5.41) is 0. The quantitative estimate of drug-likeness (QED) is 0.207. The Morgan fingerprint density at radius 3 is 0.537 bits per heavy atom. The van der Waals surface area contributed by atoms with Gasteiger partial charge >= 0.3 is 35.7 Å². The largest absolute Gasteiger partial charge is 0.822 e. The molecule has 0 saturated heterocycles. The van der Waals surface area contributed by atoms with Crippen molar-refractivity contribution >= 4 is 7.82 Å². The van der Waals surface area contributed by atoms with Crippen LogP contribution in [0.4, 0.5) is 79.3 Å². The van der Waals surface area contributed by atoms with E-state index in [4.69, 9.17) is 19.2 Å². The topological polar surface area (TPSA) is 97.9 Å². The lowest BCUT2D eigenvalue weighted by Crippen LogP contribution is -2.36. The fourth-order valence-electron chi connectivity index (χ4n) is 1.61. The van der Waals surface area contributed by atoms with Crippen LogP contribution in [0.15, 0.2) is 0 Å². The molecule has 3 aromatic heterocycles. The van der Waals surface area contributed by atoms with E-state index in [-0.39, 0.29) is 0 Å². The van der Waals surface area contributed by atoms with Crippen LogP contribution in [0.1, 0.15) is 0 Å². The molecule has 0 aliphatic heterocycles. The van der Waals surface area contributed by atoms with Crippen molar-refractivity contribution in [1.82, 2.24) is 0 Å². The van der Waals surface area contributed by atoms with Gasteiger partial charge in [-0.3, -0.25) is 0 Å². The molecular formula is C15F18N3O4P. The standard InChI is InChI=1S/3C5F6N.H3O4P/c3*6-1-2(7)4(9)12(11)5(10)3(1)8;1-5(2,3)4/h;;;(H3,1,2,3,4)/q3*+1;/p-3. The summed E-state index contributed by atoms with van der Waals surface area (Å²) in [4.78, 5) is 21.0. The maximum Gasteiger partial charge on any atom is 0.447 e. The molecular weight excluding hydrogens is 659 g/mol. The van der Waals surface area contributed by atoms with Gasteiger partial charge in [0.15, 0.2) is 0 Å². The summed E-state index contributed by atoms with van der Waals surface area (Å²) >= 11 is 0. The Kier molecular flexibility index (Phi) is 13.0. The highest BCUT2D eigenvalue weighted by atomic mass is 31.2. The zero-order chi connectivity index (χ0) is 32.9. The molecule has 0 unspecified atom stereocenters.